The van der Waals surface area contributed by atoms with E-state index in [0.717, 1.165) is 6.42 Å². The van der Waals surface area contributed by atoms with Gasteiger partial charge in [0.2, 0.25) is 0 Å². The van der Waals surface area contributed by atoms with Gasteiger partial charge in [-0.05, 0) is 11.7 Å². The number of hydrogen-bond donors (Lipinski definition) is 2. The third-order valence-corrected chi connectivity index (χ3v) is 2.20. The monoisotopic (exact) mass is 178 g/mol. The molecule has 0 aromatic heterocycles. The van der Waals surface area contributed by atoms with E-state index in [9.17, 15) is 4.79 Å². The number of carbonyl (C=O) groups excluding carboxylic acids is 1. The Kier molecular flexibility index (Phi) is 2.20. The molecule has 2 nitrogen and oxygen atoms in total. The number of carbonyl (C=O) groups is 1. The molecule has 1 rings (SSSR count). The summed E-state index contributed by atoms with van der Waals surface area (Å²) in [4.78, 5) is 9.74. The van der Waals surface area contributed by atoms with Gasteiger partial charge in [0.15, 0.2) is 0 Å². The maximum absolute atomic E-state index is 10.5. The summed E-state index contributed by atoms with van der Waals surface area (Å²) in [7, 11) is 0. The predicted molar refractivity (Wildman–Crippen MR) is 45.5 cm³/mol. The SMILES string of the molecule is CC(S)CCC1(S)OC1=O. The molecule has 0 radical (unpaired) electrons. The van der Waals surface area contributed by atoms with Crippen LogP contribution < -0.4 is 0 Å². The third-order valence-electron chi connectivity index (χ3n) is 1.44. The van der Waals surface area contributed by atoms with E-state index >= 15 is 0 Å². The summed E-state index contributed by atoms with van der Waals surface area (Å²) in [5.74, 6) is -0.204. The van der Waals surface area contributed by atoms with Gasteiger partial charge in [-0.15, -0.1) is 12.6 Å². The lowest BCUT2D eigenvalue weighted by Gasteiger charge is -2.02. The largest absolute Gasteiger partial charge is 0.433 e. The zero-order valence-electron chi connectivity index (χ0n) is 5.70. The highest BCUT2D eigenvalue weighted by molar-refractivity contribution is 7.83. The summed E-state index contributed by atoms with van der Waals surface area (Å²) in [5.41, 5.74) is 0. The van der Waals surface area contributed by atoms with Crippen LogP contribution in [0.4, 0.5) is 0 Å². The Bertz CT molecular complexity index is 158. The Balaban J connectivity index is 2.21. The van der Waals surface area contributed by atoms with Gasteiger partial charge in [0, 0.05) is 6.42 Å². The van der Waals surface area contributed by atoms with Crippen molar-refractivity contribution in [3.8, 4) is 0 Å². The average molecular weight is 178 g/mol. The normalized spacial score (nSPS) is 33.3. The summed E-state index contributed by atoms with van der Waals surface area (Å²) in [5, 5.41) is 0.307. The van der Waals surface area contributed by atoms with Gasteiger partial charge in [-0.25, -0.2) is 4.79 Å². The average Bonchev–Trinajstić information content (AvgIpc) is 2.38. The molecule has 1 fully saturated rings. The Labute approximate surface area is 71.1 Å². The van der Waals surface area contributed by atoms with Crippen molar-refractivity contribution in [2.75, 3.05) is 0 Å². The molecule has 58 valence electrons. The summed E-state index contributed by atoms with van der Waals surface area (Å²) in [6.45, 7) is 1.98. The zero-order valence-corrected chi connectivity index (χ0v) is 7.49. The van der Waals surface area contributed by atoms with Gasteiger partial charge < -0.3 is 4.74 Å². The maximum atomic E-state index is 10.5. The van der Waals surface area contributed by atoms with Crippen molar-refractivity contribution in [1.82, 2.24) is 0 Å². The van der Waals surface area contributed by atoms with Gasteiger partial charge in [0.1, 0.15) is 0 Å². The van der Waals surface area contributed by atoms with E-state index in [4.69, 9.17) is 0 Å². The van der Waals surface area contributed by atoms with Gasteiger partial charge in [0.05, 0.1) is 0 Å². The lowest BCUT2D eigenvalue weighted by atomic mass is 10.2. The van der Waals surface area contributed by atoms with Gasteiger partial charge in [-0.1, -0.05) is 6.92 Å². The number of hydrogen-bond acceptors (Lipinski definition) is 4. The third kappa shape index (κ3) is 1.83. The van der Waals surface area contributed by atoms with Crippen LogP contribution >= 0.6 is 25.3 Å². The predicted octanol–water partition coefficient (Wildman–Crippen LogP) is 1.27. The van der Waals surface area contributed by atoms with Crippen molar-refractivity contribution in [1.29, 1.82) is 0 Å². The van der Waals surface area contributed by atoms with Crippen molar-refractivity contribution in [3.63, 3.8) is 0 Å². The molecule has 1 heterocycles. The van der Waals surface area contributed by atoms with Crippen molar-refractivity contribution in [2.24, 2.45) is 0 Å². The molecule has 0 saturated carbocycles. The number of epoxide rings is 1. The molecular weight excluding hydrogens is 168 g/mol. The summed E-state index contributed by atoms with van der Waals surface area (Å²) in [6, 6.07) is 0. The van der Waals surface area contributed by atoms with E-state index in [2.05, 4.69) is 30.0 Å². The standard InChI is InChI=1S/C6H10O2S2/c1-4(9)2-3-6(10)5(7)8-6/h4,9-10H,2-3H2,1H3. The topological polar surface area (TPSA) is 29.6 Å². The van der Waals surface area contributed by atoms with Crippen LogP contribution in [0.3, 0.4) is 0 Å². The minimum Gasteiger partial charge on any atom is -0.433 e. The van der Waals surface area contributed by atoms with Gasteiger partial charge >= 0.3 is 5.97 Å². The zero-order chi connectivity index (χ0) is 7.78. The molecule has 0 aromatic rings. The van der Waals surface area contributed by atoms with Gasteiger partial charge in [-0.3, -0.25) is 0 Å². The summed E-state index contributed by atoms with van der Waals surface area (Å²) >= 11 is 8.20. The molecule has 1 aliphatic rings. The molecule has 0 amide bonds. The summed E-state index contributed by atoms with van der Waals surface area (Å²) in [6.07, 6.45) is 1.53. The fourth-order valence-electron chi connectivity index (χ4n) is 0.685. The molecule has 0 N–H and O–H groups in total. The van der Waals surface area contributed by atoms with E-state index in [0.29, 0.717) is 11.7 Å². The minimum absolute atomic E-state index is 0.204. The highest BCUT2D eigenvalue weighted by Gasteiger charge is 2.54. The van der Waals surface area contributed by atoms with Crippen LogP contribution in [0, 0.1) is 0 Å². The molecule has 0 aliphatic carbocycles. The van der Waals surface area contributed by atoms with E-state index in [1.807, 2.05) is 6.92 Å². The number of cyclic esters (lactones) is 1. The smallest absolute Gasteiger partial charge is 0.363 e. The second-order valence-electron chi connectivity index (χ2n) is 2.56. The Morgan fingerprint density at radius 2 is 2.30 bits per heavy atom. The van der Waals surface area contributed by atoms with Crippen LogP contribution in [0.1, 0.15) is 19.8 Å². The molecule has 0 bridgehead atoms. The molecule has 2 atom stereocenters. The van der Waals surface area contributed by atoms with Gasteiger partial charge in [-0.2, -0.15) is 12.6 Å². The molecule has 0 aromatic carbocycles. The molecule has 0 spiro atoms. The second-order valence-corrected chi connectivity index (χ2v) is 4.17. The number of ether oxygens (including phenoxy) is 1. The van der Waals surface area contributed by atoms with E-state index in [1.165, 1.54) is 0 Å². The fourth-order valence-corrected chi connectivity index (χ4v) is 1.03. The van der Waals surface area contributed by atoms with Crippen molar-refractivity contribution in [3.05, 3.63) is 0 Å². The van der Waals surface area contributed by atoms with Crippen molar-refractivity contribution >= 4 is 31.2 Å². The number of thiol groups is 2. The highest BCUT2D eigenvalue weighted by Crippen LogP contribution is 2.38. The molecule has 10 heavy (non-hydrogen) atoms. The Hall–Kier alpha value is 0.170. The van der Waals surface area contributed by atoms with Crippen LogP contribution in [0.2, 0.25) is 0 Å². The first-order valence-electron chi connectivity index (χ1n) is 3.18. The lowest BCUT2D eigenvalue weighted by Crippen LogP contribution is -2.05. The minimum atomic E-state index is -0.753. The van der Waals surface area contributed by atoms with Gasteiger partial charge in [0.25, 0.3) is 4.93 Å². The van der Waals surface area contributed by atoms with E-state index in [-0.39, 0.29) is 5.97 Å². The van der Waals surface area contributed by atoms with Crippen molar-refractivity contribution in [2.45, 2.75) is 29.9 Å². The second kappa shape index (κ2) is 2.66. The van der Waals surface area contributed by atoms with Crippen LogP contribution in [0.15, 0.2) is 0 Å². The van der Waals surface area contributed by atoms with Crippen molar-refractivity contribution < 1.29 is 9.53 Å². The maximum Gasteiger partial charge on any atom is 0.363 e. The molecular formula is C6H10O2S2. The van der Waals surface area contributed by atoms with E-state index in [1.54, 1.807) is 0 Å². The Morgan fingerprint density at radius 3 is 2.60 bits per heavy atom. The molecule has 1 aliphatic heterocycles. The van der Waals surface area contributed by atoms with E-state index < -0.39 is 4.93 Å². The molecule has 1 saturated heterocycles. The fraction of sp³-hybridized carbons (Fsp3) is 0.833. The van der Waals surface area contributed by atoms with Crippen LogP contribution in [-0.2, 0) is 9.53 Å². The number of rotatable bonds is 3. The highest BCUT2D eigenvalue weighted by atomic mass is 32.1. The molecule has 2 unspecified atom stereocenters. The Morgan fingerprint density at radius 1 is 1.80 bits per heavy atom. The van der Waals surface area contributed by atoms with Crippen LogP contribution in [0.5, 0.6) is 0 Å². The summed E-state index contributed by atoms with van der Waals surface area (Å²) < 4.78 is 4.65. The molecule has 4 heteroatoms. The van der Waals surface area contributed by atoms with Crippen LogP contribution in [0.25, 0.3) is 0 Å². The van der Waals surface area contributed by atoms with Crippen LogP contribution in [-0.4, -0.2) is 16.2 Å². The lowest BCUT2D eigenvalue weighted by molar-refractivity contribution is -0.117. The quantitative estimate of drug-likeness (QED) is 0.503. The first kappa shape index (κ1) is 8.27. The first-order chi connectivity index (χ1) is 4.54. The first-order valence-corrected chi connectivity index (χ1v) is 4.15.